The second kappa shape index (κ2) is 8.60. The van der Waals surface area contributed by atoms with E-state index in [1.807, 2.05) is 11.8 Å². The van der Waals surface area contributed by atoms with Crippen LogP contribution in [0, 0.1) is 11.6 Å². The molecule has 0 fully saturated rings. The van der Waals surface area contributed by atoms with Gasteiger partial charge in [0.25, 0.3) is 0 Å². The van der Waals surface area contributed by atoms with E-state index >= 15 is 0 Å². The number of hydrogen-bond acceptors (Lipinski definition) is 3. The number of nitrogens with zero attached hydrogens (tertiary/aromatic N) is 1. The SMILES string of the molecule is CCC(CSC)N(C)CCC(N)c1cccc(F)c1F. The quantitative estimate of drug-likeness (QED) is 0.798. The third-order valence-electron chi connectivity index (χ3n) is 3.63. The molecule has 0 saturated heterocycles. The van der Waals surface area contributed by atoms with E-state index in [0.29, 0.717) is 12.5 Å². The van der Waals surface area contributed by atoms with E-state index in [9.17, 15) is 8.78 Å². The molecule has 2 atom stereocenters. The average molecular weight is 302 g/mol. The number of nitrogens with two attached hydrogens (primary N) is 1. The molecule has 0 radical (unpaired) electrons. The van der Waals surface area contributed by atoms with E-state index in [-0.39, 0.29) is 5.56 Å². The van der Waals surface area contributed by atoms with Crippen molar-refractivity contribution in [2.45, 2.75) is 31.8 Å². The highest BCUT2D eigenvalue weighted by atomic mass is 32.2. The van der Waals surface area contributed by atoms with E-state index in [0.717, 1.165) is 24.8 Å². The number of halogens is 2. The van der Waals surface area contributed by atoms with Crippen molar-refractivity contribution in [3.8, 4) is 0 Å². The molecule has 0 aromatic heterocycles. The molecule has 1 rings (SSSR count). The molecular formula is C15H24F2N2S. The Morgan fingerprint density at radius 2 is 2.05 bits per heavy atom. The zero-order valence-corrected chi connectivity index (χ0v) is 13.2. The van der Waals surface area contributed by atoms with E-state index in [1.165, 1.54) is 6.07 Å². The normalized spacial score (nSPS) is 14.6. The molecule has 20 heavy (non-hydrogen) atoms. The van der Waals surface area contributed by atoms with Crippen LogP contribution in [0.3, 0.4) is 0 Å². The number of hydrogen-bond donors (Lipinski definition) is 1. The van der Waals surface area contributed by atoms with Gasteiger partial charge in [-0.1, -0.05) is 19.1 Å². The van der Waals surface area contributed by atoms with Crippen molar-refractivity contribution in [2.24, 2.45) is 5.73 Å². The highest BCUT2D eigenvalue weighted by Gasteiger charge is 2.17. The lowest BCUT2D eigenvalue weighted by molar-refractivity contribution is 0.246. The summed E-state index contributed by atoms with van der Waals surface area (Å²) in [5, 5.41) is 0. The van der Waals surface area contributed by atoms with E-state index in [4.69, 9.17) is 5.73 Å². The smallest absolute Gasteiger partial charge is 0.163 e. The zero-order valence-electron chi connectivity index (χ0n) is 12.4. The van der Waals surface area contributed by atoms with Crippen LogP contribution in [0.2, 0.25) is 0 Å². The summed E-state index contributed by atoms with van der Waals surface area (Å²) in [7, 11) is 2.05. The Labute approximate surface area is 124 Å². The van der Waals surface area contributed by atoms with Crippen molar-refractivity contribution in [3.05, 3.63) is 35.4 Å². The summed E-state index contributed by atoms with van der Waals surface area (Å²) in [6.45, 7) is 2.93. The number of thioether (sulfide) groups is 1. The average Bonchev–Trinajstić information content (AvgIpc) is 2.44. The van der Waals surface area contributed by atoms with E-state index in [1.54, 1.807) is 6.07 Å². The van der Waals surface area contributed by atoms with Crippen molar-refractivity contribution in [1.82, 2.24) is 4.90 Å². The molecule has 2 N–H and O–H groups in total. The largest absolute Gasteiger partial charge is 0.324 e. The Kier molecular flexibility index (Phi) is 7.48. The Hall–Kier alpha value is -0.650. The molecule has 114 valence electrons. The Morgan fingerprint density at radius 1 is 1.35 bits per heavy atom. The van der Waals surface area contributed by atoms with Crippen molar-refractivity contribution in [3.63, 3.8) is 0 Å². The van der Waals surface area contributed by atoms with Gasteiger partial charge in [0.05, 0.1) is 0 Å². The van der Waals surface area contributed by atoms with Gasteiger partial charge in [0.15, 0.2) is 11.6 Å². The summed E-state index contributed by atoms with van der Waals surface area (Å²) in [5.74, 6) is -0.588. The van der Waals surface area contributed by atoms with Gasteiger partial charge in [0.1, 0.15) is 0 Å². The van der Waals surface area contributed by atoms with E-state index in [2.05, 4.69) is 25.1 Å². The summed E-state index contributed by atoms with van der Waals surface area (Å²) in [6, 6.07) is 4.19. The highest BCUT2D eigenvalue weighted by Crippen LogP contribution is 2.20. The molecule has 0 spiro atoms. The fourth-order valence-electron chi connectivity index (χ4n) is 2.24. The Morgan fingerprint density at radius 3 is 2.65 bits per heavy atom. The van der Waals surface area contributed by atoms with E-state index < -0.39 is 17.7 Å². The lowest BCUT2D eigenvalue weighted by atomic mass is 10.0. The molecule has 5 heteroatoms. The van der Waals surface area contributed by atoms with Gasteiger partial charge in [-0.15, -0.1) is 0 Å². The van der Waals surface area contributed by atoms with Gasteiger partial charge in [-0.3, -0.25) is 0 Å². The topological polar surface area (TPSA) is 29.3 Å². The highest BCUT2D eigenvalue weighted by molar-refractivity contribution is 7.98. The maximum Gasteiger partial charge on any atom is 0.163 e. The van der Waals surface area contributed by atoms with Crippen molar-refractivity contribution in [2.75, 3.05) is 25.6 Å². The molecule has 1 aromatic carbocycles. The third kappa shape index (κ3) is 4.72. The number of benzene rings is 1. The summed E-state index contributed by atoms with van der Waals surface area (Å²) in [6.07, 6.45) is 3.77. The minimum absolute atomic E-state index is 0.260. The molecule has 0 aliphatic heterocycles. The van der Waals surface area contributed by atoms with Crippen LogP contribution in [-0.4, -0.2) is 36.5 Å². The van der Waals surface area contributed by atoms with Crippen LogP contribution in [0.4, 0.5) is 8.78 Å². The van der Waals surface area contributed by atoms with Crippen molar-refractivity contribution >= 4 is 11.8 Å². The fraction of sp³-hybridized carbons (Fsp3) is 0.600. The van der Waals surface area contributed by atoms with Crippen molar-refractivity contribution < 1.29 is 8.78 Å². The van der Waals surface area contributed by atoms with Gasteiger partial charge in [0.2, 0.25) is 0 Å². The predicted octanol–water partition coefficient (Wildman–Crippen LogP) is 3.43. The first-order valence-corrected chi connectivity index (χ1v) is 8.29. The number of rotatable bonds is 8. The molecule has 1 aromatic rings. The Bertz CT molecular complexity index is 415. The van der Waals surface area contributed by atoms with Gasteiger partial charge in [-0.05, 0) is 38.8 Å². The summed E-state index contributed by atoms with van der Waals surface area (Å²) >= 11 is 1.82. The summed E-state index contributed by atoms with van der Waals surface area (Å²) in [5.41, 5.74) is 6.25. The lowest BCUT2D eigenvalue weighted by Crippen LogP contribution is -2.35. The van der Waals surface area contributed by atoms with Crippen LogP contribution in [0.15, 0.2) is 18.2 Å². The van der Waals surface area contributed by atoms with Crippen LogP contribution in [-0.2, 0) is 0 Å². The first-order valence-electron chi connectivity index (χ1n) is 6.89. The fourth-order valence-corrected chi connectivity index (χ4v) is 3.11. The predicted molar refractivity (Wildman–Crippen MR) is 83.0 cm³/mol. The molecule has 0 bridgehead atoms. The maximum absolute atomic E-state index is 13.7. The summed E-state index contributed by atoms with van der Waals surface area (Å²) in [4.78, 5) is 2.24. The van der Waals surface area contributed by atoms with Gasteiger partial charge in [0, 0.05) is 23.4 Å². The van der Waals surface area contributed by atoms with Crippen LogP contribution < -0.4 is 5.73 Å². The Balaban J connectivity index is 2.58. The molecular weight excluding hydrogens is 278 g/mol. The molecule has 2 nitrogen and oxygen atoms in total. The molecule has 0 heterocycles. The second-order valence-electron chi connectivity index (χ2n) is 5.04. The second-order valence-corrected chi connectivity index (χ2v) is 5.95. The minimum Gasteiger partial charge on any atom is -0.324 e. The van der Waals surface area contributed by atoms with Crippen LogP contribution in [0.1, 0.15) is 31.4 Å². The van der Waals surface area contributed by atoms with Gasteiger partial charge in [-0.2, -0.15) is 11.8 Å². The molecule has 2 unspecified atom stereocenters. The maximum atomic E-state index is 13.7. The first-order chi connectivity index (χ1) is 9.51. The van der Waals surface area contributed by atoms with Crippen LogP contribution >= 0.6 is 11.8 Å². The zero-order chi connectivity index (χ0) is 15.1. The van der Waals surface area contributed by atoms with Gasteiger partial charge in [-0.25, -0.2) is 8.78 Å². The van der Waals surface area contributed by atoms with Crippen molar-refractivity contribution in [1.29, 1.82) is 0 Å². The standard InChI is InChI=1S/C15H24F2N2S/c1-4-11(10-20-3)19(2)9-8-14(18)12-6-5-7-13(16)15(12)17/h5-7,11,14H,4,8-10,18H2,1-3H3. The first kappa shape index (κ1) is 17.4. The van der Waals surface area contributed by atoms with Crippen LogP contribution in [0.5, 0.6) is 0 Å². The molecule has 0 saturated carbocycles. The third-order valence-corrected chi connectivity index (χ3v) is 4.35. The molecule has 0 aliphatic carbocycles. The van der Waals surface area contributed by atoms with Crippen LogP contribution in [0.25, 0.3) is 0 Å². The molecule has 0 amide bonds. The molecule has 0 aliphatic rings. The summed E-state index contributed by atoms with van der Waals surface area (Å²) < 4.78 is 26.8. The lowest BCUT2D eigenvalue weighted by Gasteiger charge is -2.27. The minimum atomic E-state index is -0.833. The van der Waals surface area contributed by atoms with Gasteiger partial charge >= 0.3 is 0 Å². The van der Waals surface area contributed by atoms with Gasteiger partial charge < -0.3 is 10.6 Å². The monoisotopic (exact) mass is 302 g/mol.